The van der Waals surface area contributed by atoms with Crippen molar-refractivity contribution in [1.82, 2.24) is 15.6 Å². The Morgan fingerprint density at radius 1 is 1.00 bits per heavy atom. The predicted octanol–water partition coefficient (Wildman–Crippen LogP) is 3.77. The Kier molecular flexibility index (Phi) is 4.78. The molecule has 32 heavy (non-hydrogen) atoms. The van der Waals surface area contributed by atoms with E-state index in [1.165, 1.54) is 30.3 Å². The number of fused-ring (bicyclic) bond motifs is 1. The third-order valence-corrected chi connectivity index (χ3v) is 6.27. The molecule has 3 aliphatic carbocycles. The molecule has 6 rings (SSSR count). The zero-order valence-electron chi connectivity index (χ0n) is 16.8. The molecule has 0 radical (unpaired) electrons. The second-order valence-electron chi connectivity index (χ2n) is 8.49. The molecule has 6 nitrogen and oxygen atoms in total. The third-order valence-electron chi connectivity index (χ3n) is 5.96. The molecule has 164 valence electrons. The summed E-state index contributed by atoms with van der Waals surface area (Å²) in [4.78, 5) is 29.2. The zero-order valence-corrected chi connectivity index (χ0v) is 17.5. The number of hydrogen-bond donors (Lipinski definition) is 2. The molecule has 3 aliphatic rings. The van der Waals surface area contributed by atoms with E-state index in [1.807, 2.05) is 0 Å². The molecule has 1 aromatic heterocycles. The van der Waals surface area contributed by atoms with Crippen molar-refractivity contribution in [2.45, 2.75) is 30.3 Å². The van der Waals surface area contributed by atoms with E-state index in [-0.39, 0.29) is 51.8 Å². The smallest absolute Gasteiger partial charge is 0.270 e. The number of rotatable bonds is 6. The molecule has 2 N–H and O–H groups in total. The van der Waals surface area contributed by atoms with Crippen LogP contribution in [0.25, 0.3) is 10.9 Å². The van der Waals surface area contributed by atoms with Crippen molar-refractivity contribution >= 4 is 34.3 Å². The highest BCUT2D eigenvalue weighted by Crippen LogP contribution is 2.60. The monoisotopic (exact) mass is 457 g/mol. The minimum absolute atomic E-state index is 0.0178. The lowest BCUT2D eigenvalue weighted by Crippen LogP contribution is -2.84. The van der Waals surface area contributed by atoms with Gasteiger partial charge in [0.2, 0.25) is 0 Å². The van der Waals surface area contributed by atoms with Gasteiger partial charge in [0.25, 0.3) is 11.8 Å². The summed E-state index contributed by atoms with van der Waals surface area (Å²) in [7, 11) is 0. The third kappa shape index (κ3) is 3.75. The first kappa shape index (κ1) is 20.6. The first-order valence-electron chi connectivity index (χ1n) is 10.0. The Labute approximate surface area is 186 Å². The van der Waals surface area contributed by atoms with Gasteiger partial charge >= 0.3 is 0 Å². The minimum Gasteiger partial charge on any atom is -0.484 e. The Morgan fingerprint density at radius 2 is 1.75 bits per heavy atom. The molecule has 2 bridgehead atoms. The number of carbonyl (C=O) groups is 2. The molecule has 0 saturated heterocycles. The van der Waals surface area contributed by atoms with Gasteiger partial charge in [0.05, 0.1) is 10.5 Å². The molecule has 0 spiro atoms. The number of nitrogens with zero attached hydrogens (tertiary/aromatic N) is 1. The number of hydrogen-bond acceptors (Lipinski definition) is 4. The molecule has 0 aliphatic heterocycles. The van der Waals surface area contributed by atoms with E-state index >= 15 is 0 Å². The molecule has 2 aromatic carbocycles. The van der Waals surface area contributed by atoms with Crippen LogP contribution in [0.4, 0.5) is 8.78 Å². The number of halogens is 3. The number of aromatic nitrogens is 1. The van der Waals surface area contributed by atoms with E-state index in [0.717, 1.165) is 6.07 Å². The molecule has 0 atom stereocenters. The summed E-state index contributed by atoms with van der Waals surface area (Å²) < 4.78 is 32.1. The van der Waals surface area contributed by atoms with Crippen LogP contribution in [0.1, 0.15) is 29.8 Å². The molecule has 0 unspecified atom stereocenters. The number of pyridine rings is 1. The largest absolute Gasteiger partial charge is 0.484 e. The summed E-state index contributed by atoms with van der Waals surface area (Å²) in [6.45, 7) is -0.246. The Balaban J connectivity index is 1.13. The van der Waals surface area contributed by atoms with Gasteiger partial charge in [0.1, 0.15) is 23.1 Å². The summed E-state index contributed by atoms with van der Waals surface area (Å²) in [5, 5.41) is 6.55. The Morgan fingerprint density at radius 3 is 2.50 bits per heavy atom. The normalized spacial score (nSPS) is 23.1. The average Bonchev–Trinajstić information content (AvgIpc) is 2.71. The number of ether oxygens (including phenoxy) is 1. The molecule has 3 fully saturated rings. The number of amides is 2. The van der Waals surface area contributed by atoms with Crippen LogP contribution in [0.3, 0.4) is 0 Å². The van der Waals surface area contributed by atoms with Crippen LogP contribution < -0.4 is 15.4 Å². The lowest BCUT2D eigenvalue weighted by molar-refractivity contribution is -0.141. The van der Waals surface area contributed by atoms with Gasteiger partial charge < -0.3 is 15.4 Å². The summed E-state index contributed by atoms with van der Waals surface area (Å²) >= 11 is 5.62. The van der Waals surface area contributed by atoms with Gasteiger partial charge in [-0.3, -0.25) is 9.59 Å². The average molecular weight is 458 g/mol. The predicted molar refractivity (Wildman–Crippen MR) is 114 cm³/mol. The van der Waals surface area contributed by atoms with Crippen molar-refractivity contribution in [2.24, 2.45) is 0 Å². The van der Waals surface area contributed by atoms with E-state index in [9.17, 15) is 18.4 Å². The number of nitrogens with one attached hydrogen (secondary N) is 2. The SMILES string of the molecule is O=C(COc1ccc(Cl)c(F)c1)NC12CC(NC(=O)c3ccc4cc(F)ccc4n3)(C1)C2. The number of benzene rings is 2. The van der Waals surface area contributed by atoms with Crippen LogP contribution in [0, 0.1) is 11.6 Å². The van der Waals surface area contributed by atoms with Gasteiger partial charge in [-0.2, -0.15) is 0 Å². The van der Waals surface area contributed by atoms with Gasteiger partial charge in [0, 0.05) is 22.5 Å². The first-order chi connectivity index (χ1) is 15.2. The highest BCUT2D eigenvalue weighted by molar-refractivity contribution is 6.30. The van der Waals surface area contributed by atoms with Gasteiger partial charge in [-0.15, -0.1) is 0 Å². The fourth-order valence-electron chi connectivity index (χ4n) is 4.63. The van der Waals surface area contributed by atoms with E-state index in [4.69, 9.17) is 16.3 Å². The molecular weight excluding hydrogens is 440 g/mol. The van der Waals surface area contributed by atoms with Crippen LogP contribution >= 0.6 is 11.6 Å². The summed E-state index contributed by atoms with van der Waals surface area (Å²) in [5.74, 6) is -1.38. The second kappa shape index (κ2) is 7.41. The van der Waals surface area contributed by atoms with Crippen LogP contribution in [-0.2, 0) is 4.79 Å². The molecule has 9 heteroatoms. The molecule has 1 heterocycles. The van der Waals surface area contributed by atoms with E-state index in [2.05, 4.69) is 15.6 Å². The number of carbonyl (C=O) groups excluding carboxylic acids is 2. The molecule has 2 amide bonds. The fourth-order valence-corrected chi connectivity index (χ4v) is 4.75. The van der Waals surface area contributed by atoms with E-state index in [0.29, 0.717) is 30.2 Å². The van der Waals surface area contributed by atoms with Crippen LogP contribution in [0.15, 0.2) is 48.5 Å². The lowest BCUT2D eigenvalue weighted by Gasteiger charge is -2.70. The highest BCUT2D eigenvalue weighted by atomic mass is 35.5. The Hall–Kier alpha value is -3.26. The van der Waals surface area contributed by atoms with Crippen molar-refractivity contribution in [3.05, 3.63) is 70.9 Å². The summed E-state index contributed by atoms with van der Waals surface area (Å²) in [6, 6.07) is 11.4. The van der Waals surface area contributed by atoms with E-state index in [1.54, 1.807) is 12.1 Å². The highest BCUT2D eigenvalue weighted by Gasteiger charge is 2.69. The maximum atomic E-state index is 13.4. The minimum atomic E-state index is -0.616. The van der Waals surface area contributed by atoms with Crippen molar-refractivity contribution < 1.29 is 23.1 Å². The Bertz CT molecular complexity index is 1250. The molecule has 3 aromatic rings. The first-order valence-corrected chi connectivity index (χ1v) is 10.4. The van der Waals surface area contributed by atoms with Gasteiger partial charge in [-0.25, -0.2) is 13.8 Å². The fraction of sp³-hybridized carbons (Fsp3) is 0.261. The van der Waals surface area contributed by atoms with Crippen molar-refractivity contribution in [1.29, 1.82) is 0 Å². The van der Waals surface area contributed by atoms with Gasteiger partial charge in [-0.05, 0) is 55.7 Å². The standard InChI is InChI=1S/C23H18ClF2N3O3/c24-16-4-3-15(8-17(16)26)32-9-20(30)28-22-10-23(11-22,12-22)29-21(31)19-5-1-13-7-14(25)2-6-18(13)27-19/h1-8H,9-12H2,(H,28,30)(H,29,31). The van der Waals surface area contributed by atoms with Crippen LogP contribution in [0.5, 0.6) is 5.75 Å². The molecule has 3 saturated carbocycles. The second-order valence-corrected chi connectivity index (χ2v) is 8.90. The molecular formula is C23H18ClF2N3O3. The van der Waals surface area contributed by atoms with Crippen LogP contribution in [-0.4, -0.2) is 34.5 Å². The maximum Gasteiger partial charge on any atom is 0.270 e. The summed E-state index contributed by atoms with van der Waals surface area (Å²) in [5.41, 5.74) is 0.0912. The quantitative estimate of drug-likeness (QED) is 0.590. The lowest BCUT2D eigenvalue weighted by atomic mass is 9.44. The van der Waals surface area contributed by atoms with Crippen LogP contribution in [0.2, 0.25) is 5.02 Å². The van der Waals surface area contributed by atoms with Gasteiger partial charge in [0.15, 0.2) is 6.61 Å². The summed E-state index contributed by atoms with van der Waals surface area (Å²) in [6.07, 6.45) is 1.85. The maximum absolute atomic E-state index is 13.4. The van der Waals surface area contributed by atoms with Crippen molar-refractivity contribution in [2.75, 3.05) is 6.61 Å². The zero-order chi connectivity index (χ0) is 22.5. The van der Waals surface area contributed by atoms with E-state index < -0.39 is 5.82 Å². The van der Waals surface area contributed by atoms with Crippen molar-refractivity contribution in [3.8, 4) is 5.75 Å². The van der Waals surface area contributed by atoms with Crippen molar-refractivity contribution in [3.63, 3.8) is 0 Å². The topological polar surface area (TPSA) is 80.3 Å². The van der Waals surface area contributed by atoms with Gasteiger partial charge in [-0.1, -0.05) is 17.7 Å².